The fourth-order valence-corrected chi connectivity index (χ4v) is 3.12. The summed E-state index contributed by atoms with van der Waals surface area (Å²) in [6, 6.07) is 10.1. The molecule has 1 unspecified atom stereocenters. The minimum absolute atomic E-state index is 0.459. The van der Waals surface area contributed by atoms with Gasteiger partial charge >= 0.3 is 0 Å². The van der Waals surface area contributed by atoms with Crippen LogP contribution >= 0.6 is 0 Å². The number of nitrogens with one attached hydrogen (secondary N) is 2. The van der Waals surface area contributed by atoms with Crippen LogP contribution in [-0.2, 0) is 0 Å². The van der Waals surface area contributed by atoms with E-state index in [-0.39, 0.29) is 0 Å². The largest absolute Gasteiger partial charge is 0.383 e. The van der Waals surface area contributed by atoms with Crippen LogP contribution in [0.2, 0.25) is 0 Å². The van der Waals surface area contributed by atoms with Gasteiger partial charge in [-0.05, 0) is 71.5 Å². The van der Waals surface area contributed by atoms with Crippen LogP contribution in [0.3, 0.4) is 0 Å². The summed E-state index contributed by atoms with van der Waals surface area (Å²) in [6.07, 6.45) is 7.92. The summed E-state index contributed by atoms with van der Waals surface area (Å²) in [5.41, 5.74) is 3.69. The zero-order valence-corrected chi connectivity index (χ0v) is 17.3. The van der Waals surface area contributed by atoms with Gasteiger partial charge in [-0.15, -0.1) is 0 Å². The summed E-state index contributed by atoms with van der Waals surface area (Å²) in [7, 11) is 4.38. The SMILES string of the molecule is CC(C)NC1=CCC(N(C)CCN(C)c2ccc(NC(C)C)cc2)C=C1. The Morgan fingerprint density at radius 2 is 1.62 bits per heavy atom. The van der Waals surface area contributed by atoms with Crippen LogP contribution in [0, 0.1) is 0 Å². The van der Waals surface area contributed by atoms with Gasteiger partial charge in [0.1, 0.15) is 0 Å². The van der Waals surface area contributed by atoms with Crippen molar-refractivity contribution in [2.24, 2.45) is 0 Å². The lowest BCUT2D eigenvalue weighted by molar-refractivity contribution is 0.287. The average Bonchev–Trinajstić information content (AvgIpc) is 2.59. The van der Waals surface area contributed by atoms with Crippen molar-refractivity contribution in [2.75, 3.05) is 37.4 Å². The maximum Gasteiger partial charge on any atom is 0.0365 e. The highest BCUT2D eigenvalue weighted by molar-refractivity contribution is 5.55. The van der Waals surface area contributed by atoms with Crippen molar-refractivity contribution in [3.63, 3.8) is 0 Å². The number of rotatable bonds is 9. The normalized spacial score (nSPS) is 17.0. The van der Waals surface area contributed by atoms with Gasteiger partial charge in [0.15, 0.2) is 0 Å². The summed E-state index contributed by atoms with van der Waals surface area (Å²) in [6.45, 7) is 10.7. The van der Waals surface area contributed by atoms with E-state index in [9.17, 15) is 0 Å². The Balaban J connectivity index is 1.79. The molecule has 1 aromatic carbocycles. The van der Waals surface area contributed by atoms with E-state index in [1.165, 1.54) is 17.1 Å². The predicted molar refractivity (Wildman–Crippen MR) is 115 cm³/mol. The Bertz CT molecular complexity index is 601. The van der Waals surface area contributed by atoms with Crippen LogP contribution in [0.25, 0.3) is 0 Å². The molecular formula is C22H36N4. The van der Waals surface area contributed by atoms with Gasteiger partial charge in [-0.2, -0.15) is 0 Å². The molecular weight excluding hydrogens is 320 g/mol. The van der Waals surface area contributed by atoms with Gasteiger partial charge in [0.05, 0.1) is 0 Å². The monoisotopic (exact) mass is 356 g/mol. The number of hydrogen-bond acceptors (Lipinski definition) is 4. The Hall–Kier alpha value is -1.94. The highest BCUT2D eigenvalue weighted by Crippen LogP contribution is 2.18. The number of hydrogen-bond donors (Lipinski definition) is 2. The molecule has 1 atom stereocenters. The fourth-order valence-electron chi connectivity index (χ4n) is 3.12. The maximum absolute atomic E-state index is 3.47. The molecule has 0 bridgehead atoms. The molecule has 0 heterocycles. The summed E-state index contributed by atoms with van der Waals surface area (Å²) < 4.78 is 0. The Labute approximate surface area is 160 Å². The first-order valence-electron chi connectivity index (χ1n) is 9.78. The number of allylic oxidation sites excluding steroid dienone is 1. The molecule has 4 nitrogen and oxygen atoms in total. The fraction of sp³-hybridized carbons (Fsp3) is 0.545. The first-order chi connectivity index (χ1) is 12.3. The minimum atomic E-state index is 0.459. The molecule has 0 radical (unpaired) electrons. The summed E-state index contributed by atoms with van der Waals surface area (Å²) in [4.78, 5) is 4.76. The molecule has 0 fully saturated rings. The van der Waals surface area contributed by atoms with Crippen LogP contribution in [0.1, 0.15) is 34.1 Å². The van der Waals surface area contributed by atoms with E-state index in [1.807, 2.05) is 0 Å². The lowest BCUT2D eigenvalue weighted by atomic mass is 10.1. The lowest BCUT2D eigenvalue weighted by Gasteiger charge is -2.30. The molecule has 0 saturated carbocycles. The number of likely N-dealkylation sites (N-methyl/N-ethyl adjacent to an activating group) is 2. The van der Waals surface area contributed by atoms with E-state index < -0.39 is 0 Å². The van der Waals surface area contributed by atoms with Crippen LogP contribution in [0.15, 0.2) is 48.2 Å². The van der Waals surface area contributed by atoms with Gasteiger partial charge in [0.25, 0.3) is 0 Å². The molecule has 1 aliphatic rings. The molecule has 0 aromatic heterocycles. The third-order valence-corrected chi connectivity index (χ3v) is 4.65. The third-order valence-electron chi connectivity index (χ3n) is 4.65. The van der Waals surface area contributed by atoms with Gasteiger partial charge in [-0.25, -0.2) is 0 Å². The van der Waals surface area contributed by atoms with Crippen molar-refractivity contribution in [3.05, 3.63) is 48.2 Å². The van der Waals surface area contributed by atoms with Gasteiger partial charge in [-0.1, -0.05) is 12.2 Å². The maximum atomic E-state index is 3.47. The van der Waals surface area contributed by atoms with Crippen LogP contribution in [0.5, 0.6) is 0 Å². The van der Waals surface area contributed by atoms with Gasteiger partial charge < -0.3 is 15.5 Å². The van der Waals surface area contributed by atoms with Crippen LogP contribution in [0.4, 0.5) is 11.4 Å². The molecule has 4 heteroatoms. The summed E-state index contributed by atoms with van der Waals surface area (Å²) in [5, 5.41) is 6.91. The quantitative estimate of drug-likeness (QED) is 0.698. The molecule has 2 rings (SSSR count). The van der Waals surface area contributed by atoms with E-state index in [0.717, 1.165) is 19.5 Å². The number of anilines is 2. The molecule has 0 amide bonds. The second kappa shape index (κ2) is 9.67. The Kier molecular flexibility index (Phi) is 7.58. The zero-order valence-electron chi connectivity index (χ0n) is 17.3. The predicted octanol–water partition coefficient (Wildman–Crippen LogP) is 4.09. The van der Waals surface area contributed by atoms with Crippen molar-refractivity contribution in [1.29, 1.82) is 0 Å². The standard InChI is InChI=1S/C22H36N4/c1-17(2)23-19-7-11-21(12-8-19)25(5)15-16-26(6)22-13-9-20(10-14-22)24-18(3)4/h7-13,17-18,22-24H,14-16H2,1-6H3. The van der Waals surface area contributed by atoms with E-state index in [0.29, 0.717) is 18.1 Å². The zero-order chi connectivity index (χ0) is 19.1. The second-order valence-electron chi connectivity index (χ2n) is 7.87. The minimum Gasteiger partial charge on any atom is -0.383 e. The summed E-state index contributed by atoms with van der Waals surface area (Å²) in [5.74, 6) is 0. The molecule has 144 valence electrons. The molecule has 1 aromatic rings. The number of benzene rings is 1. The van der Waals surface area contributed by atoms with E-state index in [1.54, 1.807) is 0 Å². The summed E-state index contributed by atoms with van der Waals surface area (Å²) >= 11 is 0. The van der Waals surface area contributed by atoms with Gasteiger partial charge in [-0.3, -0.25) is 4.90 Å². The Morgan fingerprint density at radius 1 is 0.962 bits per heavy atom. The average molecular weight is 357 g/mol. The van der Waals surface area contributed by atoms with Crippen molar-refractivity contribution >= 4 is 11.4 Å². The van der Waals surface area contributed by atoms with E-state index >= 15 is 0 Å². The smallest absolute Gasteiger partial charge is 0.0365 e. The van der Waals surface area contributed by atoms with Gasteiger partial charge in [0, 0.05) is 55.3 Å². The molecule has 0 spiro atoms. The topological polar surface area (TPSA) is 30.5 Å². The van der Waals surface area contributed by atoms with Crippen LogP contribution < -0.4 is 15.5 Å². The first-order valence-corrected chi connectivity index (χ1v) is 9.78. The van der Waals surface area contributed by atoms with Crippen molar-refractivity contribution in [2.45, 2.75) is 52.2 Å². The van der Waals surface area contributed by atoms with E-state index in [2.05, 4.69) is 105 Å². The highest BCUT2D eigenvalue weighted by atomic mass is 15.2. The molecule has 2 N–H and O–H groups in total. The molecule has 1 aliphatic carbocycles. The van der Waals surface area contributed by atoms with Crippen molar-refractivity contribution < 1.29 is 0 Å². The lowest BCUT2D eigenvalue weighted by Crippen LogP contribution is -2.37. The van der Waals surface area contributed by atoms with Crippen LogP contribution in [-0.4, -0.2) is 50.2 Å². The van der Waals surface area contributed by atoms with Crippen molar-refractivity contribution in [1.82, 2.24) is 10.2 Å². The van der Waals surface area contributed by atoms with E-state index in [4.69, 9.17) is 0 Å². The number of nitrogens with zero attached hydrogens (tertiary/aromatic N) is 2. The first kappa shape index (κ1) is 20.4. The highest BCUT2D eigenvalue weighted by Gasteiger charge is 2.14. The molecule has 0 aliphatic heterocycles. The second-order valence-corrected chi connectivity index (χ2v) is 7.87. The van der Waals surface area contributed by atoms with Gasteiger partial charge in [0.2, 0.25) is 0 Å². The third kappa shape index (κ3) is 6.41. The Morgan fingerprint density at radius 3 is 2.15 bits per heavy atom. The molecule has 0 saturated heterocycles. The molecule has 26 heavy (non-hydrogen) atoms. The van der Waals surface area contributed by atoms with Crippen molar-refractivity contribution in [3.8, 4) is 0 Å².